The van der Waals surface area contributed by atoms with Gasteiger partial charge in [-0.25, -0.2) is 0 Å². The van der Waals surface area contributed by atoms with E-state index in [0.29, 0.717) is 0 Å². The Morgan fingerprint density at radius 1 is 1.44 bits per heavy atom. The summed E-state index contributed by atoms with van der Waals surface area (Å²) in [6, 6.07) is 6.01. The zero-order valence-electron chi connectivity index (χ0n) is 10.3. The van der Waals surface area contributed by atoms with Crippen LogP contribution in [0.15, 0.2) is 24.3 Å². The second kappa shape index (κ2) is 5.48. The van der Waals surface area contributed by atoms with Gasteiger partial charge in [-0.05, 0) is 26.3 Å². The van der Waals surface area contributed by atoms with Crippen molar-refractivity contribution in [3.8, 4) is 5.75 Å². The molecule has 1 aromatic rings. The number of hydrogen-bond donors (Lipinski definition) is 1. The molecule has 0 spiro atoms. The maximum absolute atomic E-state index is 10.9. The molecule has 1 rings (SSSR count). The zero-order valence-corrected chi connectivity index (χ0v) is 10.3. The summed E-state index contributed by atoms with van der Waals surface area (Å²) in [5.74, 6) is -0.766. The first-order valence-corrected chi connectivity index (χ1v) is 5.44. The average Bonchev–Trinajstić information content (AvgIpc) is 2.29. The largest absolute Gasteiger partial charge is 0.487 e. The van der Waals surface area contributed by atoms with E-state index in [1.165, 1.54) is 12.1 Å². The van der Waals surface area contributed by atoms with Crippen LogP contribution in [0.2, 0.25) is 0 Å². The van der Waals surface area contributed by atoms with Crippen LogP contribution in [0.25, 0.3) is 0 Å². The van der Waals surface area contributed by atoms with Crippen LogP contribution in [0, 0.1) is 15.5 Å². The highest BCUT2D eigenvalue weighted by molar-refractivity contribution is 5.73. The molecular formula is C12H15NO5. The normalized spacial score (nSPS) is 11.0. The number of hydrogen-bond acceptors (Lipinski definition) is 4. The van der Waals surface area contributed by atoms with Gasteiger partial charge in [0.05, 0.1) is 16.9 Å². The molecule has 0 saturated heterocycles. The van der Waals surface area contributed by atoms with Gasteiger partial charge in [0.1, 0.15) is 0 Å². The van der Waals surface area contributed by atoms with Crippen molar-refractivity contribution >= 4 is 11.7 Å². The maximum Gasteiger partial charge on any atom is 0.310 e. The molecule has 0 amide bonds. The van der Waals surface area contributed by atoms with E-state index in [9.17, 15) is 14.9 Å². The van der Waals surface area contributed by atoms with Gasteiger partial charge in [-0.2, -0.15) is 0 Å². The molecule has 0 aliphatic rings. The van der Waals surface area contributed by atoms with E-state index in [4.69, 9.17) is 9.84 Å². The number of nitro benzene ring substituents is 1. The molecule has 6 heteroatoms. The van der Waals surface area contributed by atoms with E-state index in [1.54, 1.807) is 26.0 Å². The standard InChI is InChI=1S/C12H15NO5/c1-12(2,11(14)15)7-8-18-10-6-4-3-5-9(10)13(16)17/h3-6H,7-8H2,1-2H3,(H,14,15). The van der Waals surface area contributed by atoms with Crippen molar-refractivity contribution in [2.45, 2.75) is 20.3 Å². The number of carboxylic acid groups (broad SMARTS) is 1. The van der Waals surface area contributed by atoms with Crippen LogP contribution in [-0.2, 0) is 4.79 Å². The summed E-state index contributed by atoms with van der Waals surface area (Å²) in [4.78, 5) is 21.1. The minimum absolute atomic E-state index is 0.115. The summed E-state index contributed by atoms with van der Waals surface area (Å²) in [6.45, 7) is 3.28. The zero-order chi connectivity index (χ0) is 13.8. The lowest BCUT2D eigenvalue weighted by atomic mass is 9.90. The van der Waals surface area contributed by atoms with Gasteiger partial charge in [-0.15, -0.1) is 0 Å². The predicted molar refractivity (Wildman–Crippen MR) is 64.6 cm³/mol. The van der Waals surface area contributed by atoms with Gasteiger partial charge in [0.15, 0.2) is 5.75 Å². The topological polar surface area (TPSA) is 89.7 Å². The molecule has 0 atom stereocenters. The minimum Gasteiger partial charge on any atom is -0.487 e. The lowest BCUT2D eigenvalue weighted by Crippen LogP contribution is -2.25. The molecule has 0 aromatic heterocycles. The first-order valence-electron chi connectivity index (χ1n) is 5.44. The maximum atomic E-state index is 10.9. The summed E-state index contributed by atoms with van der Waals surface area (Å²) in [5.41, 5.74) is -1.03. The monoisotopic (exact) mass is 253 g/mol. The molecule has 0 aliphatic carbocycles. The molecule has 6 nitrogen and oxygen atoms in total. The Morgan fingerprint density at radius 3 is 2.61 bits per heavy atom. The third-order valence-electron chi connectivity index (χ3n) is 2.63. The van der Waals surface area contributed by atoms with Crippen LogP contribution in [0.5, 0.6) is 5.75 Å². The van der Waals surface area contributed by atoms with Crippen LogP contribution in [-0.4, -0.2) is 22.6 Å². The number of rotatable bonds is 6. The Bertz CT molecular complexity index is 456. The summed E-state index contributed by atoms with van der Waals surface area (Å²) in [6.07, 6.45) is 0.272. The van der Waals surface area contributed by atoms with Crippen molar-refractivity contribution in [3.05, 3.63) is 34.4 Å². The van der Waals surface area contributed by atoms with Crippen molar-refractivity contribution in [3.63, 3.8) is 0 Å². The number of carbonyl (C=O) groups is 1. The summed E-state index contributed by atoms with van der Waals surface area (Å²) in [5, 5.41) is 19.6. The van der Waals surface area contributed by atoms with Gasteiger partial charge in [0.25, 0.3) is 0 Å². The van der Waals surface area contributed by atoms with Gasteiger partial charge in [0, 0.05) is 6.07 Å². The van der Waals surface area contributed by atoms with E-state index in [1.807, 2.05) is 0 Å². The lowest BCUT2D eigenvalue weighted by Gasteiger charge is -2.18. The fraction of sp³-hybridized carbons (Fsp3) is 0.417. The molecule has 0 fully saturated rings. The molecule has 0 heterocycles. The quantitative estimate of drug-likeness (QED) is 0.621. The SMILES string of the molecule is CC(C)(CCOc1ccccc1[N+](=O)[O-])C(=O)O. The second-order valence-electron chi connectivity index (χ2n) is 4.51. The van der Waals surface area contributed by atoms with Crippen molar-refractivity contribution in [2.75, 3.05) is 6.61 Å². The van der Waals surface area contributed by atoms with Crippen molar-refractivity contribution in [1.29, 1.82) is 0 Å². The fourth-order valence-electron chi connectivity index (χ4n) is 1.25. The molecular weight excluding hydrogens is 238 g/mol. The van der Waals surface area contributed by atoms with Crippen LogP contribution in [0.4, 0.5) is 5.69 Å². The molecule has 1 aromatic carbocycles. The Kier molecular flexibility index (Phi) is 4.25. The van der Waals surface area contributed by atoms with E-state index < -0.39 is 16.3 Å². The molecule has 1 N–H and O–H groups in total. The number of nitro groups is 1. The van der Waals surface area contributed by atoms with Gasteiger partial charge < -0.3 is 9.84 Å². The summed E-state index contributed by atoms with van der Waals surface area (Å²) >= 11 is 0. The molecule has 0 radical (unpaired) electrons. The van der Waals surface area contributed by atoms with E-state index >= 15 is 0 Å². The molecule has 98 valence electrons. The molecule has 0 bridgehead atoms. The second-order valence-corrected chi connectivity index (χ2v) is 4.51. The molecule has 18 heavy (non-hydrogen) atoms. The summed E-state index contributed by atoms with van der Waals surface area (Å²) < 4.78 is 5.28. The Hall–Kier alpha value is -2.11. The molecule has 0 aliphatic heterocycles. The smallest absolute Gasteiger partial charge is 0.310 e. The highest BCUT2D eigenvalue weighted by Crippen LogP contribution is 2.27. The molecule has 0 saturated carbocycles. The van der Waals surface area contributed by atoms with Crippen LogP contribution in [0.3, 0.4) is 0 Å². The first kappa shape index (κ1) is 14.0. The number of ether oxygens (including phenoxy) is 1. The Balaban J connectivity index is 2.65. The van der Waals surface area contributed by atoms with Crippen molar-refractivity contribution in [2.24, 2.45) is 5.41 Å². The number of para-hydroxylation sites is 2. The van der Waals surface area contributed by atoms with Crippen molar-refractivity contribution < 1.29 is 19.6 Å². The number of nitrogens with zero attached hydrogens (tertiary/aromatic N) is 1. The Labute approximate surface area is 104 Å². The number of aliphatic carboxylic acids is 1. The molecule has 0 unspecified atom stereocenters. The van der Waals surface area contributed by atoms with E-state index in [0.717, 1.165) is 0 Å². The fourth-order valence-corrected chi connectivity index (χ4v) is 1.25. The lowest BCUT2D eigenvalue weighted by molar-refractivity contribution is -0.385. The van der Waals surface area contributed by atoms with Crippen LogP contribution < -0.4 is 4.74 Å². The Morgan fingerprint density at radius 2 is 2.06 bits per heavy atom. The first-order chi connectivity index (χ1) is 8.34. The van der Waals surface area contributed by atoms with Crippen LogP contribution in [0.1, 0.15) is 20.3 Å². The highest BCUT2D eigenvalue weighted by Gasteiger charge is 2.27. The highest BCUT2D eigenvalue weighted by atomic mass is 16.6. The van der Waals surface area contributed by atoms with Gasteiger partial charge in [0.2, 0.25) is 0 Å². The van der Waals surface area contributed by atoms with Gasteiger partial charge >= 0.3 is 11.7 Å². The number of carboxylic acids is 1. The third kappa shape index (κ3) is 3.44. The van der Waals surface area contributed by atoms with Crippen LogP contribution >= 0.6 is 0 Å². The third-order valence-corrected chi connectivity index (χ3v) is 2.63. The average molecular weight is 253 g/mol. The van der Waals surface area contributed by atoms with Gasteiger partial charge in [-0.3, -0.25) is 14.9 Å². The minimum atomic E-state index is -0.923. The van der Waals surface area contributed by atoms with E-state index in [-0.39, 0.29) is 24.5 Å². The summed E-state index contributed by atoms with van der Waals surface area (Å²) in [7, 11) is 0. The number of benzene rings is 1. The van der Waals surface area contributed by atoms with Crippen molar-refractivity contribution in [1.82, 2.24) is 0 Å². The van der Waals surface area contributed by atoms with Gasteiger partial charge in [-0.1, -0.05) is 12.1 Å². The van der Waals surface area contributed by atoms with E-state index in [2.05, 4.69) is 0 Å². The predicted octanol–water partition coefficient (Wildman–Crippen LogP) is 2.47.